The zero-order chi connectivity index (χ0) is 14.1. The number of aliphatic hydroxyl groups is 1. The molecule has 0 aromatic heterocycles. The first-order valence-electron chi connectivity index (χ1n) is 5.32. The number of aliphatic hydroxyl groups excluding tert-OH is 1. The molecular weight excluding hydrogens is 311 g/mol. The molecule has 102 valence electrons. The maximum Gasteiger partial charge on any atom is 0.416 e. The summed E-state index contributed by atoms with van der Waals surface area (Å²) in [5, 5.41) is 9.23. The Morgan fingerprint density at radius 1 is 1.33 bits per heavy atom. The van der Waals surface area contributed by atoms with Crippen LogP contribution in [0.15, 0.2) is 22.7 Å². The fraction of sp³-hybridized carbons (Fsp3) is 0.500. The van der Waals surface area contributed by atoms with Gasteiger partial charge in [-0.05, 0) is 23.8 Å². The summed E-state index contributed by atoms with van der Waals surface area (Å²) in [7, 11) is 0. The van der Waals surface area contributed by atoms with E-state index >= 15 is 0 Å². The van der Waals surface area contributed by atoms with Crippen molar-refractivity contribution in [3.05, 3.63) is 33.8 Å². The molecule has 0 amide bonds. The highest BCUT2D eigenvalue weighted by Crippen LogP contribution is 2.38. The Balaban J connectivity index is 3.24. The van der Waals surface area contributed by atoms with Gasteiger partial charge >= 0.3 is 6.18 Å². The highest BCUT2D eigenvalue weighted by molar-refractivity contribution is 9.10. The summed E-state index contributed by atoms with van der Waals surface area (Å²) >= 11 is 3.19. The quantitative estimate of drug-likeness (QED) is 0.893. The Morgan fingerprint density at radius 2 is 1.89 bits per heavy atom. The van der Waals surface area contributed by atoms with Crippen LogP contribution in [0.1, 0.15) is 31.0 Å². The van der Waals surface area contributed by atoms with Crippen LogP contribution in [0, 0.1) is 5.41 Å². The lowest BCUT2D eigenvalue weighted by Gasteiger charge is -2.30. The second-order valence-electron chi connectivity index (χ2n) is 4.86. The molecule has 0 aliphatic carbocycles. The highest BCUT2D eigenvalue weighted by atomic mass is 79.9. The maximum absolute atomic E-state index is 12.6. The number of halogens is 4. The minimum Gasteiger partial charge on any atom is -0.396 e. The molecule has 1 atom stereocenters. The van der Waals surface area contributed by atoms with Gasteiger partial charge in [0, 0.05) is 22.5 Å². The smallest absolute Gasteiger partial charge is 0.396 e. The third-order valence-corrected chi connectivity index (χ3v) is 3.63. The van der Waals surface area contributed by atoms with Crippen molar-refractivity contribution in [3.8, 4) is 0 Å². The van der Waals surface area contributed by atoms with Crippen LogP contribution in [0.2, 0.25) is 0 Å². The van der Waals surface area contributed by atoms with E-state index in [4.69, 9.17) is 5.73 Å². The van der Waals surface area contributed by atoms with E-state index in [0.29, 0.717) is 10.0 Å². The van der Waals surface area contributed by atoms with Gasteiger partial charge in [0.1, 0.15) is 0 Å². The largest absolute Gasteiger partial charge is 0.416 e. The minimum atomic E-state index is -4.40. The van der Waals surface area contributed by atoms with E-state index < -0.39 is 23.2 Å². The summed E-state index contributed by atoms with van der Waals surface area (Å²) in [6.45, 7) is 3.19. The first-order valence-corrected chi connectivity index (χ1v) is 6.12. The van der Waals surface area contributed by atoms with Gasteiger partial charge in [-0.2, -0.15) is 13.2 Å². The van der Waals surface area contributed by atoms with Gasteiger partial charge in [-0.3, -0.25) is 0 Å². The lowest BCUT2D eigenvalue weighted by atomic mass is 9.81. The molecule has 0 saturated heterocycles. The zero-order valence-electron chi connectivity index (χ0n) is 10.1. The Hall–Kier alpha value is -0.590. The number of benzene rings is 1. The molecule has 1 aromatic carbocycles. The van der Waals surface area contributed by atoms with Crippen molar-refractivity contribution in [1.82, 2.24) is 0 Å². The summed E-state index contributed by atoms with van der Waals surface area (Å²) < 4.78 is 38.4. The standard InChI is InChI=1S/C12H15BrF3NO/c1-11(2,6-18)10(17)8-5-7(12(14,15)16)3-4-9(8)13/h3-5,10,18H,6,17H2,1-2H3/t10-/m0/s1. The minimum absolute atomic E-state index is 0.211. The maximum atomic E-state index is 12.6. The van der Waals surface area contributed by atoms with Gasteiger partial charge < -0.3 is 10.8 Å². The average Bonchev–Trinajstić information content (AvgIpc) is 2.27. The molecule has 0 spiro atoms. The van der Waals surface area contributed by atoms with E-state index in [0.717, 1.165) is 12.1 Å². The molecule has 0 saturated carbocycles. The number of alkyl halides is 3. The first-order chi connectivity index (χ1) is 8.09. The third-order valence-electron chi connectivity index (χ3n) is 2.91. The van der Waals surface area contributed by atoms with Crippen molar-refractivity contribution in [3.63, 3.8) is 0 Å². The van der Waals surface area contributed by atoms with Gasteiger partial charge in [0.15, 0.2) is 0 Å². The Bertz CT molecular complexity index is 432. The van der Waals surface area contributed by atoms with E-state index in [-0.39, 0.29) is 6.61 Å². The topological polar surface area (TPSA) is 46.2 Å². The van der Waals surface area contributed by atoms with Crippen molar-refractivity contribution in [2.45, 2.75) is 26.1 Å². The normalized spacial score (nSPS) is 14.7. The summed E-state index contributed by atoms with van der Waals surface area (Å²) in [4.78, 5) is 0. The van der Waals surface area contributed by atoms with E-state index in [9.17, 15) is 18.3 Å². The van der Waals surface area contributed by atoms with Gasteiger partial charge in [-0.15, -0.1) is 0 Å². The van der Waals surface area contributed by atoms with Crippen LogP contribution in [-0.4, -0.2) is 11.7 Å². The van der Waals surface area contributed by atoms with E-state index in [2.05, 4.69) is 15.9 Å². The Morgan fingerprint density at radius 3 is 2.33 bits per heavy atom. The van der Waals surface area contributed by atoms with Crippen LogP contribution in [0.5, 0.6) is 0 Å². The molecule has 18 heavy (non-hydrogen) atoms. The van der Waals surface area contributed by atoms with E-state index in [1.54, 1.807) is 13.8 Å². The SMILES string of the molecule is CC(C)(CO)[C@@H](N)c1cc(C(F)(F)F)ccc1Br. The molecule has 3 N–H and O–H groups in total. The Labute approximate surface area is 112 Å². The molecule has 0 heterocycles. The second kappa shape index (κ2) is 5.19. The van der Waals surface area contributed by atoms with Crippen molar-refractivity contribution >= 4 is 15.9 Å². The highest BCUT2D eigenvalue weighted by Gasteiger charge is 2.34. The molecule has 0 unspecified atom stereocenters. The van der Waals surface area contributed by atoms with E-state index in [1.807, 2.05) is 0 Å². The molecule has 6 heteroatoms. The van der Waals surface area contributed by atoms with Crippen LogP contribution in [0.25, 0.3) is 0 Å². The molecule has 0 aliphatic rings. The fourth-order valence-corrected chi connectivity index (χ4v) is 1.97. The zero-order valence-corrected chi connectivity index (χ0v) is 11.6. The first kappa shape index (κ1) is 15.5. The monoisotopic (exact) mass is 325 g/mol. The number of hydrogen-bond donors (Lipinski definition) is 2. The molecule has 0 radical (unpaired) electrons. The fourth-order valence-electron chi connectivity index (χ4n) is 1.48. The lowest BCUT2D eigenvalue weighted by Crippen LogP contribution is -2.32. The van der Waals surface area contributed by atoms with Crippen LogP contribution in [-0.2, 0) is 6.18 Å². The second-order valence-corrected chi connectivity index (χ2v) is 5.71. The molecule has 1 rings (SSSR count). The van der Waals surface area contributed by atoms with Gasteiger partial charge in [-0.25, -0.2) is 0 Å². The van der Waals surface area contributed by atoms with E-state index in [1.165, 1.54) is 6.07 Å². The predicted molar refractivity (Wildman–Crippen MR) is 66.9 cm³/mol. The van der Waals surface area contributed by atoms with Gasteiger partial charge in [0.05, 0.1) is 5.56 Å². The van der Waals surface area contributed by atoms with Crippen LogP contribution in [0.4, 0.5) is 13.2 Å². The summed E-state index contributed by atoms with van der Waals surface area (Å²) in [6, 6.07) is 2.64. The average molecular weight is 326 g/mol. The molecule has 0 aliphatic heterocycles. The molecule has 0 bridgehead atoms. The van der Waals surface area contributed by atoms with Crippen LogP contribution < -0.4 is 5.73 Å². The van der Waals surface area contributed by atoms with Gasteiger partial charge in [0.25, 0.3) is 0 Å². The van der Waals surface area contributed by atoms with Crippen LogP contribution >= 0.6 is 15.9 Å². The number of rotatable bonds is 3. The van der Waals surface area contributed by atoms with Crippen molar-refractivity contribution in [2.24, 2.45) is 11.1 Å². The summed E-state index contributed by atoms with van der Waals surface area (Å²) in [6.07, 6.45) is -4.40. The summed E-state index contributed by atoms with van der Waals surface area (Å²) in [5.41, 5.74) is 4.83. The summed E-state index contributed by atoms with van der Waals surface area (Å²) in [5.74, 6) is 0. The molecule has 1 aromatic rings. The lowest BCUT2D eigenvalue weighted by molar-refractivity contribution is -0.137. The molecule has 2 nitrogen and oxygen atoms in total. The Kier molecular flexibility index (Phi) is 4.46. The van der Waals surface area contributed by atoms with Crippen molar-refractivity contribution < 1.29 is 18.3 Å². The predicted octanol–water partition coefficient (Wildman–Crippen LogP) is 3.49. The third kappa shape index (κ3) is 3.24. The van der Waals surface area contributed by atoms with Crippen molar-refractivity contribution in [2.75, 3.05) is 6.61 Å². The van der Waals surface area contributed by atoms with Gasteiger partial charge in [-0.1, -0.05) is 29.8 Å². The number of nitrogens with two attached hydrogens (primary N) is 1. The van der Waals surface area contributed by atoms with Crippen LogP contribution in [0.3, 0.4) is 0 Å². The molecular formula is C12H15BrF3NO. The van der Waals surface area contributed by atoms with Crippen molar-refractivity contribution in [1.29, 1.82) is 0 Å². The molecule has 0 fully saturated rings. The van der Waals surface area contributed by atoms with Gasteiger partial charge in [0.2, 0.25) is 0 Å². The number of hydrogen-bond acceptors (Lipinski definition) is 2.